The van der Waals surface area contributed by atoms with E-state index in [-0.39, 0.29) is 36.8 Å². The maximum atomic E-state index is 13.1. The molecule has 0 aliphatic carbocycles. The first kappa shape index (κ1) is 21.4. The second-order valence-electron chi connectivity index (χ2n) is 6.09. The van der Waals surface area contributed by atoms with Crippen molar-refractivity contribution in [3.8, 4) is 11.5 Å². The lowest BCUT2D eigenvalue weighted by molar-refractivity contribution is -0.385. The monoisotopic (exact) mass is 396 g/mol. The highest BCUT2D eigenvalue weighted by Gasteiger charge is 2.37. The zero-order valence-electron chi connectivity index (χ0n) is 16.1. The highest BCUT2D eigenvalue weighted by molar-refractivity contribution is 6.01. The van der Waals surface area contributed by atoms with Crippen LogP contribution in [0, 0.1) is 10.1 Å². The molecule has 28 heavy (non-hydrogen) atoms. The summed E-state index contributed by atoms with van der Waals surface area (Å²) in [5, 5.41) is 11.6. The van der Waals surface area contributed by atoms with Crippen LogP contribution in [0.3, 0.4) is 0 Å². The molecule has 10 nitrogen and oxygen atoms in total. The number of hydrogen-bond acceptors (Lipinski definition) is 8. The van der Waals surface area contributed by atoms with Crippen LogP contribution < -0.4 is 9.47 Å². The number of rotatable bonds is 8. The van der Waals surface area contributed by atoms with Crippen molar-refractivity contribution in [2.45, 2.75) is 25.8 Å². The number of nitrogens with zero attached hydrogens (tertiary/aromatic N) is 2. The van der Waals surface area contributed by atoms with E-state index in [1.807, 2.05) is 6.92 Å². The third kappa shape index (κ3) is 4.69. The molecule has 1 atom stereocenters. The molecule has 1 aromatic rings. The third-order valence-corrected chi connectivity index (χ3v) is 4.33. The van der Waals surface area contributed by atoms with E-state index in [4.69, 9.17) is 18.9 Å². The van der Waals surface area contributed by atoms with Gasteiger partial charge in [0.15, 0.2) is 17.5 Å². The Hall–Kier alpha value is -2.88. The average molecular weight is 396 g/mol. The summed E-state index contributed by atoms with van der Waals surface area (Å²) in [6, 6.07) is 1.47. The quantitative estimate of drug-likeness (QED) is 0.282. The third-order valence-electron chi connectivity index (χ3n) is 4.33. The average Bonchev–Trinajstić information content (AvgIpc) is 2.72. The number of unbranched alkanes of at least 4 members (excludes halogenated alkanes) is 1. The first-order valence-corrected chi connectivity index (χ1v) is 8.90. The maximum Gasteiger partial charge on any atom is 0.331 e. The van der Waals surface area contributed by atoms with Gasteiger partial charge < -0.3 is 23.8 Å². The largest absolute Gasteiger partial charge is 0.493 e. The summed E-state index contributed by atoms with van der Waals surface area (Å²) in [5.74, 6) is -0.940. The normalized spacial score (nSPS) is 16.4. The minimum absolute atomic E-state index is 0.0401. The lowest BCUT2D eigenvalue weighted by Gasteiger charge is -2.33. The van der Waals surface area contributed by atoms with Gasteiger partial charge in [0.25, 0.3) is 11.6 Å². The van der Waals surface area contributed by atoms with E-state index in [0.717, 1.165) is 12.8 Å². The number of ether oxygens (including phenoxy) is 4. The molecule has 0 N–H and O–H groups in total. The van der Waals surface area contributed by atoms with E-state index in [0.29, 0.717) is 6.61 Å². The Bertz CT molecular complexity index is 737. The Labute approximate surface area is 162 Å². The predicted molar refractivity (Wildman–Crippen MR) is 97.7 cm³/mol. The Morgan fingerprint density at radius 3 is 2.68 bits per heavy atom. The molecule has 1 amide bonds. The van der Waals surface area contributed by atoms with Crippen LogP contribution in [0.1, 0.15) is 30.1 Å². The molecule has 0 bridgehead atoms. The van der Waals surface area contributed by atoms with Gasteiger partial charge in [0.1, 0.15) is 5.56 Å². The van der Waals surface area contributed by atoms with Crippen LogP contribution in [0.25, 0.3) is 0 Å². The van der Waals surface area contributed by atoms with E-state index in [1.54, 1.807) is 0 Å². The van der Waals surface area contributed by atoms with Gasteiger partial charge in [-0.05, 0) is 6.42 Å². The lowest BCUT2D eigenvalue weighted by atomic mass is 10.1. The molecule has 154 valence electrons. The van der Waals surface area contributed by atoms with Crippen LogP contribution >= 0.6 is 0 Å². The molecule has 10 heteroatoms. The molecule has 1 aliphatic heterocycles. The van der Waals surface area contributed by atoms with Crippen molar-refractivity contribution in [1.29, 1.82) is 0 Å². The van der Waals surface area contributed by atoms with Gasteiger partial charge in [-0.1, -0.05) is 13.3 Å². The number of amides is 1. The van der Waals surface area contributed by atoms with E-state index in [9.17, 15) is 19.7 Å². The summed E-state index contributed by atoms with van der Waals surface area (Å²) in [6.45, 7) is 2.63. The van der Waals surface area contributed by atoms with Crippen molar-refractivity contribution in [3.05, 3.63) is 27.8 Å². The number of carbonyl (C=O) groups excluding carboxylic acids is 2. The van der Waals surface area contributed by atoms with E-state index < -0.39 is 28.5 Å². The SMILES string of the molecule is CCCCOc1cc([N+](=O)[O-])c(C(=O)N2CCOC[C@H]2C(=O)OC)cc1OC. The lowest BCUT2D eigenvalue weighted by Crippen LogP contribution is -2.53. The van der Waals surface area contributed by atoms with Gasteiger partial charge in [0, 0.05) is 12.6 Å². The highest BCUT2D eigenvalue weighted by atomic mass is 16.6. The number of morpholine rings is 1. The van der Waals surface area contributed by atoms with E-state index in [1.165, 1.54) is 31.3 Å². The van der Waals surface area contributed by atoms with Gasteiger partial charge >= 0.3 is 5.97 Å². The molecule has 0 aromatic heterocycles. The minimum atomic E-state index is -0.975. The standard InChI is InChI=1S/C18H24N2O8/c1-4-5-7-28-16-10-13(20(23)24)12(9-15(16)25-2)17(21)19-6-8-27-11-14(19)18(22)26-3/h9-10,14H,4-8,11H2,1-3H3/t14-/m0/s1. The Morgan fingerprint density at radius 2 is 2.07 bits per heavy atom. The smallest absolute Gasteiger partial charge is 0.331 e. The summed E-state index contributed by atoms with van der Waals surface area (Å²) >= 11 is 0. The summed E-state index contributed by atoms with van der Waals surface area (Å²) in [7, 11) is 2.58. The van der Waals surface area contributed by atoms with E-state index in [2.05, 4.69) is 0 Å². The van der Waals surface area contributed by atoms with Crippen molar-refractivity contribution in [2.24, 2.45) is 0 Å². The van der Waals surface area contributed by atoms with Crippen LogP contribution in [0.2, 0.25) is 0 Å². The number of carbonyl (C=O) groups is 2. The van der Waals surface area contributed by atoms with Gasteiger partial charge in [-0.15, -0.1) is 0 Å². The van der Waals surface area contributed by atoms with Crippen LogP contribution in [0.15, 0.2) is 12.1 Å². The molecule has 0 radical (unpaired) electrons. The summed E-state index contributed by atoms with van der Waals surface area (Å²) in [4.78, 5) is 37.2. The maximum absolute atomic E-state index is 13.1. The van der Waals surface area contributed by atoms with Crippen molar-refractivity contribution < 1.29 is 33.5 Å². The van der Waals surface area contributed by atoms with Gasteiger partial charge in [-0.3, -0.25) is 14.9 Å². The summed E-state index contributed by atoms with van der Waals surface area (Å²) in [5.41, 5.74) is -0.618. The fourth-order valence-corrected chi connectivity index (χ4v) is 2.80. The molecular weight excluding hydrogens is 372 g/mol. The predicted octanol–water partition coefficient (Wildman–Crippen LogP) is 1.80. The van der Waals surface area contributed by atoms with Crippen LogP contribution in [0.5, 0.6) is 11.5 Å². The Kier molecular flexibility index (Phi) is 7.56. The van der Waals surface area contributed by atoms with Crippen molar-refractivity contribution >= 4 is 17.6 Å². The summed E-state index contributed by atoms with van der Waals surface area (Å²) < 4.78 is 20.8. The number of benzene rings is 1. The molecule has 2 rings (SSSR count). The molecule has 1 aromatic carbocycles. The number of nitro benzene ring substituents is 1. The van der Waals surface area contributed by atoms with Crippen molar-refractivity contribution in [2.75, 3.05) is 40.6 Å². The molecule has 1 fully saturated rings. The Balaban J connectivity index is 2.42. The van der Waals surface area contributed by atoms with Crippen LogP contribution in [-0.2, 0) is 14.3 Å². The highest BCUT2D eigenvalue weighted by Crippen LogP contribution is 2.36. The van der Waals surface area contributed by atoms with Gasteiger partial charge in [-0.2, -0.15) is 0 Å². The second kappa shape index (κ2) is 9.88. The molecule has 1 heterocycles. The second-order valence-corrected chi connectivity index (χ2v) is 6.09. The first-order chi connectivity index (χ1) is 13.4. The molecule has 0 unspecified atom stereocenters. The van der Waals surface area contributed by atoms with Gasteiger partial charge in [-0.25, -0.2) is 4.79 Å². The van der Waals surface area contributed by atoms with Gasteiger partial charge in [0.05, 0.1) is 45.0 Å². The fourth-order valence-electron chi connectivity index (χ4n) is 2.80. The minimum Gasteiger partial charge on any atom is -0.493 e. The van der Waals surface area contributed by atoms with Crippen molar-refractivity contribution in [3.63, 3.8) is 0 Å². The number of esters is 1. The molecule has 1 aliphatic rings. The van der Waals surface area contributed by atoms with E-state index >= 15 is 0 Å². The number of nitro groups is 1. The van der Waals surface area contributed by atoms with Crippen molar-refractivity contribution in [1.82, 2.24) is 4.90 Å². The molecular formula is C18H24N2O8. The fraction of sp³-hybridized carbons (Fsp3) is 0.556. The van der Waals surface area contributed by atoms with Crippen LogP contribution in [0.4, 0.5) is 5.69 Å². The zero-order valence-corrected chi connectivity index (χ0v) is 16.1. The Morgan fingerprint density at radius 1 is 1.32 bits per heavy atom. The number of methoxy groups -OCH3 is 2. The zero-order chi connectivity index (χ0) is 20.7. The van der Waals surface area contributed by atoms with Crippen LogP contribution in [-0.4, -0.2) is 68.3 Å². The first-order valence-electron chi connectivity index (χ1n) is 8.90. The molecule has 1 saturated heterocycles. The molecule has 0 saturated carbocycles. The topological polar surface area (TPSA) is 117 Å². The summed E-state index contributed by atoms with van der Waals surface area (Å²) in [6.07, 6.45) is 1.67. The van der Waals surface area contributed by atoms with Gasteiger partial charge in [0.2, 0.25) is 0 Å². The molecule has 0 spiro atoms. The number of hydrogen-bond donors (Lipinski definition) is 0.